The first-order chi connectivity index (χ1) is 12.6. The highest BCUT2D eigenvalue weighted by Gasteiger charge is 2.21. The van der Waals surface area contributed by atoms with Gasteiger partial charge in [-0.25, -0.2) is 13.4 Å². The summed E-state index contributed by atoms with van der Waals surface area (Å²) < 4.78 is 33.2. The molecule has 0 amide bonds. The Hall–Kier alpha value is -1.61. The minimum atomic E-state index is -3.71. The normalized spacial score (nSPS) is 12.2. The first kappa shape index (κ1) is 20.1. The van der Waals surface area contributed by atoms with Crippen molar-refractivity contribution in [1.29, 1.82) is 0 Å². The first-order valence-corrected chi connectivity index (χ1v) is 11.6. The lowest BCUT2D eigenvalue weighted by atomic mass is 9.93. The summed E-state index contributed by atoms with van der Waals surface area (Å²) in [6.07, 6.45) is 0. The summed E-state index contributed by atoms with van der Waals surface area (Å²) in [5, 5.41) is 4.96. The maximum absolute atomic E-state index is 12.7. The van der Waals surface area contributed by atoms with Crippen LogP contribution in [0, 0.1) is 0 Å². The SMILES string of the molecule is COc1ccc(NS(=O)(=O)c2cc(-c3nc(C(C)(C)C)cs3)cs2)cc1Cl. The fraction of sp³-hybridized carbons (Fsp3) is 0.278. The molecular formula is C18H19ClN2O3S3. The van der Waals surface area contributed by atoms with Gasteiger partial charge in [0.05, 0.1) is 23.5 Å². The van der Waals surface area contributed by atoms with E-state index in [1.54, 1.807) is 23.6 Å². The van der Waals surface area contributed by atoms with Crippen LogP contribution in [-0.2, 0) is 15.4 Å². The van der Waals surface area contributed by atoms with E-state index in [-0.39, 0.29) is 9.62 Å². The second-order valence-corrected chi connectivity index (χ2v) is 11.0. The molecule has 0 radical (unpaired) electrons. The summed E-state index contributed by atoms with van der Waals surface area (Å²) in [5.41, 5.74) is 2.12. The monoisotopic (exact) mass is 442 g/mol. The Kier molecular flexibility index (Phi) is 5.54. The molecule has 0 saturated heterocycles. The Labute approximate surface area is 172 Å². The van der Waals surface area contributed by atoms with Crippen LogP contribution in [0.3, 0.4) is 0 Å². The molecule has 9 heteroatoms. The predicted molar refractivity (Wildman–Crippen MR) is 113 cm³/mol. The second kappa shape index (κ2) is 7.43. The van der Waals surface area contributed by atoms with Gasteiger partial charge in [0.15, 0.2) is 0 Å². The molecule has 2 aromatic heterocycles. The molecule has 0 unspecified atom stereocenters. The van der Waals surface area contributed by atoms with Crippen LogP contribution in [0.15, 0.2) is 39.2 Å². The molecule has 0 bridgehead atoms. The van der Waals surface area contributed by atoms with E-state index in [0.717, 1.165) is 27.6 Å². The van der Waals surface area contributed by atoms with Crippen LogP contribution >= 0.6 is 34.3 Å². The van der Waals surface area contributed by atoms with Gasteiger partial charge in [0.2, 0.25) is 0 Å². The number of thiophene rings is 1. The van der Waals surface area contributed by atoms with E-state index in [1.165, 1.54) is 24.5 Å². The van der Waals surface area contributed by atoms with E-state index in [0.29, 0.717) is 16.5 Å². The van der Waals surface area contributed by atoms with E-state index >= 15 is 0 Å². The summed E-state index contributed by atoms with van der Waals surface area (Å²) in [4.78, 5) is 4.64. The summed E-state index contributed by atoms with van der Waals surface area (Å²) in [5.74, 6) is 0.483. The number of methoxy groups -OCH3 is 1. The molecule has 1 aromatic carbocycles. The number of nitrogens with one attached hydrogen (secondary N) is 1. The van der Waals surface area contributed by atoms with Crippen molar-refractivity contribution in [2.45, 2.75) is 30.4 Å². The van der Waals surface area contributed by atoms with Crippen LogP contribution in [0.1, 0.15) is 26.5 Å². The number of halogens is 1. The van der Waals surface area contributed by atoms with Crippen molar-refractivity contribution in [1.82, 2.24) is 4.98 Å². The van der Waals surface area contributed by atoms with E-state index in [1.807, 2.05) is 5.38 Å². The average molecular weight is 443 g/mol. The van der Waals surface area contributed by atoms with Crippen molar-refractivity contribution >= 4 is 50.0 Å². The quantitative estimate of drug-likeness (QED) is 0.555. The molecule has 0 atom stereocenters. The molecule has 27 heavy (non-hydrogen) atoms. The van der Waals surface area contributed by atoms with Crippen molar-refractivity contribution < 1.29 is 13.2 Å². The Morgan fingerprint density at radius 3 is 2.48 bits per heavy atom. The number of ether oxygens (including phenoxy) is 1. The molecule has 1 N–H and O–H groups in total. The lowest BCUT2D eigenvalue weighted by molar-refractivity contribution is 0.415. The highest BCUT2D eigenvalue weighted by atomic mass is 35.5. The fourth-order valence-corrected chi connectivity index (χ4v) is 5.84. The van der Waals surface area contributed by atoms with E-state index in [2.05, 4.69) is 30.5 Å². The zero-order valence-corrected chi connectivity index (χ0v) is 18.4. The number of anilines is 1. The maximum atomic E-state index is 12.7. The minimum Gasteiger partial charge on any atom is -0.495 e. The van der Waals surface area contributed by atoms with Gasteiger partial charge in [0.25, 0.3) is 10.0 Å². The van der Waals surface area contributed by atoms with Crippen LogP contribution in [-0.4, -0.2) is 20.5 Å². The lowest BCUT2D eigenvalue weighted by Gasteiger charge is -2.14. The number of nitrogens with zero attached hydrogens (tertiary/aromatic N) is 1. The van der Waals surface area contributed by atoms with Crippen LogP contribution in [0.4, 0.5) is 5.69 Å². The fourth-order valence-electron chi connectivity index (χ4n) is 2.26. The third-order valence-electron chi connectivity index (χ3n) is 3.76. The topological polar surface area (TPSA) is 68.3 Å². The zero-order chi connectivity index (χ0) is 19.8. The summed E-state index contributed by atoms with van der Waals surface area (Å²) >= 11 is 8.73. The third kappa shape index (κ3) is 4.45. The van der Waals surface area contributed by atoms with Crippen LogP contribution < -0.4 is 9.46 Å². The van der Waals surface area contributed by atoms with Crippen molar-refractivity contribution in [2.75, 3.05) is 11.8 Å². The number of hydrogen-bond acceptors (Lipinski definition) is 6. The lowest BCUT2D eigenvalue weighted by Crippen LogP contribution is -2.11. The van der Waals surface area contributed by atoms with Gasteiger partial charge in [0, 0.05) is 21.7 Å². The van der Waals surface area contributed by atoms with Crippen molar-refractivity contribution in [3.05, 3.63) is 45.7 Å². The van der Waals surface area contributed by atoms with Crippen molar-refractivity contribution in [3.63, 3.8) is 0 Å². The molecule has 0 saturated carbocycles. The van der Waals surface area contributed by atoms with Gasteiger partial charge in [-0.2, -0.15) is 0 Å². The summed E-state index contributed by atoms with van der Waals surface area (Å²) in [7, 11) is -2.21. The summed E-state index contributed by atoms with van der Waals surface area (Å²) in [6, 6.07) is 6.38. The van der Waals surface area contributed by atoms with Gasteiger partial charge in [-0.05, 0) is 24.3 Å². The Balaban J connectivity index is 1.84. The van der Waals surface area contributed by atoms with E-state index in [9.17, 15) is 8.42 Å². The third-order valence-corrected chi connectivity index (χ3v) is 7.77. The predicted octanol–water partition coefficient (Wildman–Crippen LogP) is 5.63. The second-order valence-electron chi connectivity index (χ2n) is 6.90. The van der Waals surface area contributed by atoms with E-state index in [4.69, 9.17) is 16.3 Å². The largest absolute Gasteiger partial charge is 0.495 e. The molecule has 0 aliphatic carbocycles. The van der Waals surface area contributed by atoms with Crippen molar-refractivity contribution in [2.24, 2.45) is 0 Å². The number of sulfonamides is 1. The van der Waals surface area contributed by atoms with Gasteiger partial charge in [0.1, 0.15) is 15.0 Å². The molecule has 0 fully saturated rings. The van der Waals surface area contributed by atoms with Crippen LogP contribution in [0.5, 0.6) is 5.75 Å². The number of benzene rings is 1. The molecule has 5 nitrogen and oxygen atoms in total. The van der Waals surface area contributed by atoms with Crippen molar-refractivity contribution in [3.8, 4) is 16.3 Å². The zero-order valence-electron chi connectivity index (χ0n) is 15.2. The van der Waals surface area contributed by atoms with Crippen LogP contribution in [0.2, 0.25) is 5.02 Å². The molecule has 0 aliphatic rings. The van der Waals surface area contributed by atoms with Gasteiger partial charge in [-0.3, -0.25) is 4.72 Å². The minimum absolute atomic E-state index is 0.0468. The van der Waals surface area contributed by atoms with Gasteiger partial charge in [-0.15, -0.1) is 22.7 Å². The number of aromatic nitrogens is 1. The average Bonchev–Trinajstić information content (AvgIpc) is 3.24. The number of thiazole rings is 1. The highest BCUT2D eigenvalue weighted by Crippen LogP contribution is 2.34. The molecule has 2 heterocycles. The Morgan fingerprint density at radius 2 is 1.89 bits per heavy atom. The molecule has 3 rings (SSSR count). The number of rotatable bonds is 5. The molecule has 3 aromatic rings. The smallest absolute Gasteiger partial charge is 0.271 e. The number of hydrogen-bond donors (Lipinski definition) is 1. The standard InChI is InChI=1S/C18H19ClN2O3S3/c1-18(2,3)15-10-26-17(20-15)11-7-16(25-9-11)27(22,23)21-12-5-6-14(24-4)13(19)8-12/h5-10,21H,1-4H3. The molecular weight excluding hydrogens is 424 g/mol. The highest BCUT2D eigenvalue weighted by molar-refractivity contribution is 7.94. The maximum Gasteiger partial charge on any atom is 0.271 e. The summed E-state index contributed by atoms with van der Waals surface area (Å²) in [6.45, 7) is 6.29. The van der Waals surface area contributed by atoms with Gasteiger partial charge >= 0.3 is 0 Å². The Bertz CT molecular complexity index is 1070. The first-order valence-electron chi connectivity index (χ1n) is 8.01. The molecule has 0 aliphatic heterocycles. The molecule has 0 spiro atoms. The van der Waals surface area contributed by atoms with Gasteiger partial charge < -0.3 is 4.74 Å². The van der Waals surface area contributed by atoms with E-state index < -0.39 is 10.0 Å². The van der Waals surface area contributed by atoms with Gasteiger partial charge in [-0.1, -0.05) is 32.4 Å². The molecule has 144 valence electrons. The Morgan fingerprint density at radius 1 is 1.15 bits per heavy atom. The van der Waals surface area contributed by atoms with Crippen LogP contribution in [0.25, 0.3) is 10.6 Å².